The molecule has 0 bridgehead atoms. The van der Waals surface area contributed by atoms with Crippen molar-refractivity contribution in [2.75, 3.05) is 43.8 Å². The topological polar surface area (TPSA) is 122 Å². The molecule has 192 valence electrons. The number of anilines is 1. The van der Waals surface area contributed by atoms with Gasteiger partial charge in [-0.1, -0.05) is 0 Å². The number of sulfonamides is 2. The van der Waals surface area contributed by atoms with Crippen LogP contribution in [0.1, 0.15) is 19.8 Å². The lowest BCUT2D eigenvalue weighted by molar-refractivity contribution is -0.127. The van der Waals surface area contributed by atoms with Gasteiger partial charge in [0.25, 0.3) is 5.91 Å². The molecular weight excluding hydrogens is 494 g/mol. The maximum absolute atomic E-state index is 12.6. The van der Waals surface area contributed by atoms with Crippen LogP contribution in [0.15, 0.2) is 53.4 Å². The summed E-state index contributed by atoms with van der Waals surface area (Å²) in [6, 6.07) is 12.6. The second-order valence-corrected chi connectivity index (χ2v) is 12.2. The lowest BCUT2D eigenvalue weighted by atomic mass is 10.3. The molecule has 2 aromatic carbocycles. The number of nitrogens with zero attached hydrogens (tertiary/aromatic N) is 2. The first-order valence-corrected chi connectivity index (χ1v) is 14.5. The zero-order valence-corrected chi connectivity index (χ0v) is 21.6. The van der Waals surface area contributed by atoms with Gasteiger partial charge < -0.3 is 14.8 Å². The molecule has 0 aromatic heterocycles. The zero-order valence-electron chi connectivity index (χ0n) is 20.0. The van der Waals surface area contributed by atoms with Gasteiger partial charge in [-0.15, -0.1) is 0 Å². The van der Waals surface area contributed by atoms with Crippen LogP contribution < -0.4 is 19.1 Å². The Morgan fingerprint density at radius 1 is 1.00 bits per heavy atom. The van der Waals surface area contributed by atoms with Crippen molar-refractivity contribution in [1.82, 2.24) is 9.62 Å². The van der Waals surface area contributed by atoms with Gasteiger partial charge in [0.15, 0.2) is 6.10 Å². The highest BCUT2D eigenvalue weighted by Crippen LogP contribution is 2.23. The minimum Gasteiger partial charge on any atom is -0.492 e. The summed E-state index contributed by atoms with van der Waals surface area (Å²) in [5.41, 5.74) is 0.482. The van der Waals surface area contributed by atoms with Crippen molar-refractivity contribution in [2.45, 2.75) is 30.8 Å². The number of ether oxygens (including phenoxy) is 2. The van der Waals surface area contributed by atoms with Gasteiger partial charge in [0.2, 0.25) is 20.0 Å². The van der Waals surface area contributed by atoms with Gasteiger partial charge >= 0.3 is 0 Å². The molecule has 1 N–H and O–H groups in total. The lowest BCUT2D eigenvalue weighted by Gasteiger charge is -2.18. The first kappa shape index (κ1) is 26.8. The van der Waals surface area contributed by atoms with E-state index in [9.17, 15) is 21.6 Å². The number of amides is 1. The predicted octanol–water partition coefficient (Wildman–Crippen LogP) is 1.83. The Morgan fingerprint density at radius 3 is 2.14 bits per heavy atom. The SMILES string of the molecule is CC(Oc1ccc(N(C)S(C)(=O)=O)cc1)C(=O)NCCOc1ccc(S(=O)(=O)N2CCCC2)cc1. The van der Waals surface area contributed by atoms with E-state index in [0.717, 1.165) is 23.4 Å². The molecule has 0 radical (unpaired) electrons. The Hall–Kier alpha value is -2.83. The number of nitrogens with one attached hydrogen (secondary N) is 1. The van der Waals surface area contributed by atoms with Gasteiger partial charge in [0.1, 0.15) is 18.1 Å². The third-order valence-electron chi connectivity index (χ3n) is 5.58. The monoisotopic (exact) mass is 525 g/mol. The van der Waals surface area contributed by atoms with E-state index in [1.807, 2.05) is 0 Å². The molecule has 1 fully saturated rings. The van der Waals surface area contributed by atoms with Crippen molar-refractivity contribution in [1.29, 1.82) is 0 Å². The Kier molecular flexibility index (Phi) is 8.62. The molecule has 1 heterocycles. The summed E-state index contributed by atoms with van der Waals surface area (Å²) >= 11 is 0. The van der Waals surface area contributed by atoms with Crippen molar-refractivity contribution in [3.05, 3.63) is 48.5 Å². The fraction of sp³-hybridized carbons (Fsp3) is 0.435. The third kappa shape index (κ3) is 7.09. The molecule has 1 unspecified atom stereocenters. The molecular formula is C23H31N3O7S2. The molecule has 0 saturated carbocycles. The molecule has 0 aliphatic carbocycles. The number of rotatable bonds is 11. The van der Waals surface area contributed by atoms with Crippen molar-refractivity contribution in [3.63, 3.8) is 0 Å². The number of carbonyl (C=O) groups is 1. The van der Waals surface area contributed by atoms with Crippen LogP contribution in [0.4, 0.5) is 5.69 Å². The molecule has 1 aliphatic rings. The van der Waals surface area contributed by atoms with E-state index in [2.05, 4.69) is 5.32 Å². The van der Waals surface area contributed by atoms with Crippen LogP contribution in [-0.2, 0) is 24.8 Å². The molecule has 1 saturated heterocycles. The van der Waals surface area contributed by atoms with Crippen molar-refractivity contribution in [3.8, 4) is 11.5 Å². The van der Waals surface area contributed by atoms with E-state index in [4.69, 9.17) is 9.47 Å². The van der Waals surface area contributed by atoms with E-state index in [0.29, 0.717) is 30.3 Å². The minimum atomic E-state index is -3.46. The van der Waals surface area contributed by atoms with Gasteiger partial charge in [-0.2, -0.15) is 4.31 Å². The van der Waals surface area contributed by atoms with E-state index in [-0.39, 0.29) is 24.0 Å². The number of carbonyl (C=O) groups excluding carboxylic acids is 1. The van der Waals surface area contributed by atoms with Crippen LogP contribution >= 0.6 is 0 Å². The van der Waals surface area contributed by atoms with Crippen LogP contribution in [0.25, 0.3) is 0 Å². The maximum atomic E-state index is 12.6. The highest BCUT2D eigenvalue weighted by Gasteiger charge is 2.27. The predicted molar refractivity (Wildman–Crippen MR) is 133 cm³/mol. The molecule has 12 heteroatoms. The van der Waals surface area contributed by atoms with E-state index in [1.165, 1.54) is 23.5 Å². The van der Waals surface area contributed by atoms with Gasteiger partial charge in [-0.3, -0.25) is 9.10 Å². The minimum absolute atomic E-state index is 0.198. The normalized spacial score (nSPS) is 15.4. The van der Waals surface area contributed by atoms with Crippen LogP contribution in [0, 0.1) is 0 Å². The van der Waals surface area contributed by atoms with Crippen LogP contribution in [-0.4, -0.2) is 72.7 Å². The molecule has 35 heavy (non-hydrogen) atoms. The van der Waals surface area contributed by atoms with E-state index < -0.39 is 26.2 Å². The highest BCUT2D eigenvalue weighted by molar-refractivity contribution is 7.92. The summed E-state index contributed by atoms with van der Waals surface area (Å²) in [4.78, 5) is 12.5. The number of hydrogen-bond donors (Lipinski definition) is 1. The van der Waals surface area contributed by atoms with Crippen LogP contribution in [0.3, 0.4) is 0 Å². The summed E-state index contributed by atoms with van der Waals surface area (Å²) in [7, 11) is -5.37. The first-order chi connectivity index (χ1) is 16.5. The first-order valence-electron chi connectivity index (χ1n) is 11.2. The van der Waals surface area contributed by atoms with Gasteiger partial charge in [-0.25, -0.2) is 16.8 Å². The van der Waals surface area contributed by atoms with E-state index >= 15 is 0 Å². The Labute approximate surface area is 206 Å². The fourth-order valence-electron chi connectivity index (χ4n) is 3.46. The summed E-state index contributed by atoms with van der Waals surface area (Å²) in [6.45, 7) is 3.14. The zero-order chi connectivity index (χ0) is 25.6. The van der Waals surface area contributed by atoms with Gasteiger partial charge in [0, 0.05) is 20.1 Å². The average molecular weight is 526 g/mol. The smallest absolute Gasteiger partial charge is 0.260 e. The molecule has 2 aromatic rings. The van der Waals surface area contributed by atoms with E-state index in [1.54, 1.807) is 43.3 Å². The van der Waals surface area contributed by atoms with Crippen molar-refractivity contribution in [2.24, 2.45) is 0 Å². The van der Waals surface area contributed by atoms with Crippen LogP contribution in [0.2, 0.25) is 0 Å². The van der Waals surface area contributed by atoms with Gasteiger partial charge in [0.05, 0.1) is 23.4 Å². The van der Waals surface area contributed by atoms with Crippen LogP contribution in [0.5, 0.6) is 11.5 Å². The summed E-state index contributed by atoms with van der Waals surface area (Å²) in [5.74, 6) is 0.597. The number of hydrogen-bond acceptors (Lipinski definition) is 7. The molecule has 1 aliphatic heterocycles. The molecule has 3 rings (SSSR count). The molecule has 0 spiro atoms. The fourth-order valence-corrected chi connectivity index (χ4v) is 5.48. The molecule has 1 atom stereocenters. The van der Waals surface area contributed by atoms with Crippen molar-refractivity contribution >= 4 is 31.6 Å². The lowest BCUT2D eigenvalue weighted by Crippen LogP contribution is -2.38. The Balaban J connectivity index is 1.42. The summed E-state index contributed by atoms with van der Waals surface area (Å²) in [6.07, 6.45) is 2.10. The standard InChI is InChI=1S/C23H31N3O7S2/c1-18(33-21-8-6-19(7-9-21)25(2)34(3,28)29)23(27)24-14-17-32-20-10-12-22(13-11-20)35(30,31)26-15-4-5-16-26/h6-13,18H,4-5,14-17H2,1-3H3,(H,24,27). The molecule has 10 nitrogen and oxygen atoms in total. The summed E-state index contributed by atoms with van der Waals surface area (Å²) < 4.78 is 62.2. The second-order valence-electron chi connectivity index (χ2n) is 8.21. The molecule has 1 amide bonds. The second kappa shape index (κ2) is 11.3. The maximum Gasteiger partial charge on any atom is 0.260 e. The Bertz CT molecular complexity index is 1210. The Morgan fingerprint density at radius 2 is 1.57 bits per heavy atom. The quantitative estimate of drug-likeness (QED) is 0.444. The van der Waals surface area contributed by atoms with Gasteiger partial charge in [-0.05, 0) is 68.3 Å². The highest BCUT2D eigenvalue weighted by atomic mass is 32.2. The number of benzene rings is 2. The average Bonchev–Trinajstić information content (AvgIpc) is 3.37. The summed E-state index contributed by atoms with van der Waals surface area (Å²) in [5, 5.41) is 2.72. The third-order valence-corrected chi connectivity index (χ3v) is 8.70. The van der Waals surface area contributed by atoms with Crippen molar-refractivity contribution < 1.29 is 31.1 Å². The largest absolute Gasteiger partial charge is 0.492 e.